The van der Waals surface area contributed by atoms with Crippen LogP contribution in [0.25, 0.3) is 0 Å². The Labute approximate surface area is 102 Å². The minimum atomic E-state index is -0.144. The lowest BCUT2D eigenvalue weighted by Gasteiger charge is -2.30. The first kappa shape index (κ1) is 12.2. The maximum atomic E-state index is 11.9. The number of carbonyl (C=O) groups excluding carboxylic acids is 1. The summed E-state index contributed by atoms with van der Waals surface area (Å²) in [6.07, 6.45) is 3.83. The van der Waals surface area contributed by atoms with Crippen LogP contribution in [0.15, 0.2) is 24.0 Å². The van der Waals surface area contributed by atoms with Crippen molar-refractivity contribution >= 4 is 6.03 Å². The number of carbonyl (C=O) groups is 1. The first-order valence-corrected chi connectivity index (χ1v) is 6.15. The summed E-state index contributed by atoms with van der Waals surface area (Å²) in [6, 6.07) is -0.144. The molecule has 0 aromatic carbocycles. The van der Waals surface area contributed by atoms with Gasteiger partial charge >= 0.3 is 6.03 Å². The van der Waals surface area contributed by atoms with Crippen molar-refractivity contribution in [3.8, 4) is 0 Å². The molecule has 0 radical (unpaired) electrons. The van der Waals surface area contributed by atoms with Crippen molar-refractivity contribution in [3.63, 3.8) is 0 Å². The van der Waals surface area contributed by atoms with Gasteiger partial charge in [0.1, 0.15) is 6.23 Å². The number of allylic oxidation sites excluding steroid dienone is 1. The van der Waals surface area contributed by atoms with Crippen molar-refractivity contribution in [3.05, 3.63) is 24.0 Å². The zero-order valence-electron chi connectivity index (χ0n) is 10.7. The van der Waals surface area contributed by atoms with Crippen molar-refractivity contribution in [1.82, 2.24) is 10.2 Å². The van der Waals surface area contributed by atoms with E-state index in [0.717, 1.165) is 18.4 Å². The molecule has 2 aliphatic heterocycles. The molecule has 0 aliphatic carbocycles. The standard InChI is InChI=1S/C13H20N2O2/c1-5-11-8(2)6-12(17-11)15-7-9(3)10(4)14-13(15)16/h7-8,11-12H,4-6H2,1-3H3,(H,14,16)/t8?,11-,12-/m1/s1. The van der Waals surface area contributed by atoms with Crippen LogP contribution in [0.4, 0.5) is 4.79 Å². The minimum Gasteiger partial charge on any atom is -0.354 e. The Bertz CT molecular complexity index is 376. The van der Waals surface area contributed by atoms with E-state index in [1.807, 2.05) is 13.1 Å². The molecule has 4 nitrogen and oxygen atoms in total. The summed E-state index contributed by atoms with van der Waals surface area (Å²) in [4.78, 5) is 13.5. The van der Waals surface area contributed by atoms with E-state index in [2.05, 4.69) is 25.7 Å². The van der Waals surface area contributed by atoms with Gasteiger partial charge in [-0.1, -0.05) is 20.4 Å². The average molecular weight is 236 g/mol. The molecule has 2 aliphatic rings. The van der Waals surface area contributed by atoms with E-state index in [-0.39, 0.29) is 18.4 Å². The van der Waals surface area contributed by atoms with E-state index in [1.165, 1.54) is 0 Å². The van der Waals surface area contributed by atoms with Crippen molar-refractivity contribution in [2.24, 2.45) is 5.92 Å². The molecule has 1 saturated heterocycles. The Kier molecular flexibility index (Phi) is 3.24. The Morgan fingerprint density at radius 2 is 2.35 bits per heavy atom. The molecule has 4 heteroatoms. The summed E-state index contributed by atoms with van der Waals surface area (Å²) in [5.74, 6) is 0.497. The molecule has 2 heterocycles. The van der Waals surface area contributed by atoms with Gasteiger partial charge in [0.2, 0.25) is 0 Å². The number of amides is 2. The summed E-state index contributed by atoms with van der Waals surface area (Å²) < 4.78 is 5.91. The van der Waals surface area contributed by atoms with E-state index in [4.69, 9.17) is 4.74 Å². The van der Waals surface area contributed by atoms with Crippen LogP contribution in [0.3, 0.4) is 0 Å². The van der Waals surface area contributed by atoms with Gasteiger partial charge in [0.25, 0.3) is 0 Å². The fourth-order valence-electron chi connectivity index (χ4n) is 2.39. The number of ether oxygens (including phenoxy) is 1. The fourth-order valence-corrected chi connectivity index (χ4v) is 2.39. The van der Waals surface area contributed by atoms with Crippen LogP contribution in [0.5, 0.6) is 0 Å². The highest BCUT2D eigenvalue weighted by Gasteiger charge is 2.37. The molecular weight excluding hydrogens is 216 g/mol. The number of nitrogens with one attached hydrogen (secondary N) is 1. The molecule has 1 fully saturated rings. The maximum absolute atomic E-state index is 11.9. The molecule has 0 saturated carbocycles. The molecule has 2 rings (SSSR count). The topological polar surface area (TPSA) is 41.6 Å². The van der Waals surface area contributed by atoms with Gasteiger partial charge in [0.05, 0.1) is 6.10 Å². The lowest BCUT2D eigenvalue weighted by atomic mass is 10.0. The monoisotopic (exact) mass is 236 g/mol. The van der Waals surface area contributed by atoms with Crippen LogP contribution in [-0.2, 0) is 4.74 Å². The number of rotatable bonds is 2. The zero-order valence-corrected chi connectivity index (χ0v) is 10.7. The van der Waals surface area contributed by atoms with E-state index >= 15 is 0 Å². The molecule has 2 amide bonds. The van der Waals surface area contributed by atoms with Crippen LogP contribution in [-0.4, -0.2) is 23.3 Å². The summed E-state index contributed by atoms with van der Waals surface area (Å²) in [6.45, 7) is 10.0. The SMILES string of the molecule is C=C1NC(=O)N([C@H]2CC(C)[C@@H](CC)O2)C=C1C. The molecule has 3 atom stereocenters. The highest BCUT2D eigenvalue weighted by Crippen LogP contribution is 2.31. The summed E-state index contributed by atoms with van der Waals surface area (Å²) in [5, 5.41) is 2.75. The second-order valence-corrected chi connectivity index (χ2v) is 4.88. The number of urea groups is 1. The van der Waals surface area contributed by atoms with Crippen LogP contribution in [0.1, 0.15) is 33.6 Å². The van der Waals surface area contributed by atoms with Gasteiger partial charge in [0.15, 0.2) is 0 Å². The Morgan fingerprint density at radius 3 is 2.94 bits per heavy atom. The maximum Gasteiger partial charge on any atom is 0.327 e. The average Bonchev–Trinajstić information content (AvgIpc) is 2.65. The molecule has 0 aromatic heterocycles. The van der Waals surface area contributed by atoms with Crippen molar-refractivity contribution in [2.45, 2.75) is 45.9 Å². The highest BCUT2D eigenvalue weighted by atomic mass is 16.5. The van der Waals surface area contributed by atoms with Gasteiger partial charge in [-0.2, -0.15) is 0 Å². The van der Waals surface area contributed by atoms with E-state index in [9.17, 15) is 4.79 Å². The quantitative estimate of drug-likeness (QED) is 0.800. The third-order valence-corrected chi connectivity index (χ3v) is 3.55. The first-order valence-electron chi connectivity index (χ1n) is 6.15. The smallest absolute Gasteiger partial charge is 0.327 e. The van der Waals surface area contributed by atoms with Crippen LogP contribution < -0.4 is 5.32 Å². The molecular formula is C13H20N2O2. The molecule has 0 aromatic rings. The number of nitrogens with zero attached hydrogens (tertiary/aromatic N) is 1. The van der Waals surface area contributed by atoms with E-state index < -0.39 is 0 Å². The van der Waals surface area contributed by atoms with Crippen molar-refractivity contribution in [2.75, 3.05) is 0 Å². The second-order valence-electron chi connectivity index (χ2n) is 4.88. The van der Waals surface area contributed by atoms with Gasteiger partial charge < -0.3 is 10.1 Å². The van der Waals surface area contributed by atoms with E-state index in [1.54, 1.807) is 4.90 Å². The highest BCUT2D eigenvalue weighted by molar-refractivity contribution is 5.80. The normalized spacial score (nSPS) is 33.7. The molecule has 94 valence electrons. The van der Waals surface area contributed by atoms with Gasteiger partial charge in [-0.25, -0.2) is 4.79 Å². The predicted molar refractivity (Wildman–Crippen MR) is 66.0 cm³/mol. The summed E-state index contributed by atoms with van der Waals surface area (Å²) in [5.41, 5.74) is 1.64. The van der Waals surface area contributed by atoms with Crippen LogP contribution in [0.2, 0.25) is 0 Å². The third-order valence-electron chi connectivity index (χ3n) is 3.55. The van der Waals surface area contributed by atoms with Crippen LogP contribution in [0, 0.1) is 5.92 Å². The fraction of sp³-hybridized carbons (Fsp3) is 0.615. The summed E-state index contributed by atoms with van der Waals surface area (Å²) >= 11 is 0. The van der Waals surface area contributed by atoms with Gasteiger partial charge in [-0.15, -0.1) is 0 Å². The second kappa shape index (κ2) is 4.53. The van der Waals surface area contributed by atoms with Crippen molar-refractivity contribution < 1.29 is 9.53 Å². The predicted octanol–water partition coefficient (Wildman–Crippen LogP) is 2.59. The van der Waals surface area contributed by atoms with Gasteiger partial charge in [-0.3, -0.25) is 4.90 Å². The summed E-state index contributed by atoms with van der Waals surface area (Å²) in [7, 11) is 0. The van der Waals surface area contributed by atoms with Crippen LogP contribution >= 0.6 is 0 Å². The van der Waals surface area contributed by atoms with Crippen molar-refractivity contribution in [1.29, 1.82) is 0 Å². The van der Waals surface area contributed by atoms with Gasteiger partial charge in [0, 0.05) is 11.9 Å². The Hall–Kier alpha value is -1.29. The molecule has 17 heavy (non-hydrogen) atoms. The molecule has 0 bridgehead atoms. The van der Waals surface area contributed by atoms with E-state index in [0.29, 0.717) is 11.6 Å². The lowest BCUT2D eigenvalue weighted by Crippen LogP contribution is -2.45. The minimum absolute atomic E-state index is 0.141. The molecule has 1 unspecified atom stereocenters. The van der Waals surface area contributed by atoms with Gasteiger partial charge in [-0.05, 0) is 31.3 Å². The lowest BCUT2D eigenvalue weighted by molar-refractivity contribution is -0.0223. The first-order chi connectivity index (χ1) is 8.02. The molecule has 0 spiro atoms. The Morgan fingerprint density at radius 1 is 1.65 bits per heavy atom. The number of hydrogen-bond donors (Lipinski definition) is 1. The zero-order chi connectivity index (χ0) is 12.6. The number of hydrogen-bond acceptors (Lipinski definition) is 2. The molecule has 1 N–H and O–H groups in total. The third kappa shape index (κ3) is 2.22. The largest absolute Gasteiger partial charge is 0.354 e. The Balaban J connectivity index is 2.13.